The number of carbonyl (C=O) groups is 1. The molecule has 0 aromatic heterocycles. The number of piperazine rings is 1. The summed E-state index contributed by atoms with van der Waals surface area (Å²) in [6, 6.07) is 16.1. The number of rotatable bonds is 5. The van der Waals surface area contributed by atoms with Crippen LogP contribution in [0.1, 0.15) is 29.2 Å². The van der Waals surface area contributed by atoms with Crippen molar-refractivity contribution in [2.75, 3.05) is 46.9 Å². The fourth-order valence-electron chi connectivity index (χ4n) is 4.19. The molecule has 0 spiro atoms. The highest BCUT2D eigenvalue weighted by atomic mass is 16.5. The Morgan fingerprint density at radius 3 is 2.60 bits per heavy atom. The fourth-order valence-corrected chi connectivity index (χ4v) is 4.19. The minimum Gasteiger partial charge on any atom is -0.496 e. The van der Waals surface area contributed by atoms with Gasteiger partial charge in [-0.05, 0) is 25.6 Å². The summed E-state index contributed by atoms with van der Waals surface area (Å²) < 4.78 is 5.60. The van der Waals surface area contributed by atoms with Crippen molar-refractivity contribution in [1.82, 2.24) is 14.8 Å². The molecule has 4 rings (SSSR count). The molecular weight excluding hydrogens is 376 g/mol. The molecule has 1 amide bonds. The quantitative estimate of drug-likeness (QED) is 0.766. The average molecular weight is 407 g/mol. The molecule has 1 unspecified atom stereocenters. The lowest BCUT2D eigenvalue weighted by atomic mass is 9.97. The first-order valence-corrected chi connectivity index (χ1v) is 10.6. The SMILES string of the molecule is COc1ccccc1C1CC(c2cccc(C)c2)=NN1C(=O)CN1CCN(C)CC1. The zero-order chi connectivity index (χ0) is 21.1. The number of benzene rings is 2. The van der Waals surface area contributed by atoms with Crippen molar-refractivity contribution in [3.8, 4) is 5.75 Å². The number of methoxy groups -OCH3 is 1. The van der Waals surface area contributed by atoms with E-state index in [1.807, 2.05) is 30.3 Å². The van der Waals surface area contributed by atoms with E-state index in [0.29, 0.717) is 13.0 Å². The molecule has 0 radical (unpaired) electrons. The van der Waals surface area contributed by atoms with E-state index in [0.717, 1.165) is 48.8 Å². The van der Waals surface area contributed by atoms with Crippen LogP contribution in [-0.4, -0.2) is 73.3 Å². The van der Waals surface area contributed by atoms with Crippen molar-refractivity contribution in [2.45, 2.75) is 19.4 Å². The van der Waals surface area contributed by atoms with Crippen LogP contribution in [0.4, 0.5) is 0 Å². The highest BCUT2D eigenvalue weighted by Crippen LogP contribution is 2.37. The lowest BCUT2D eigenvalue weighted by Crippen LogP contribution is -2.48. The van der Waals surface area contributed by atoms with E-state index < -0.39 is 0 Å². The van der Waals surface area contributed by atoms with Gasteiger partial charge >= 0.3 is 0 Å². The summed E-state index contributed by atoms with van der Waals surface area (Å²) in [7, 11) is 3.79. The lowest BCUT2D eigenvalue weighted by molar-refractivity contribution is -0.134. The number of hydrogen-bond donors (Lipinski definition) is 0. The molecule has 2 aliphatic rings. The van der Waals surface area contributed by atoms with Gasteiger partial charge in [-0.25, -0.2) is 5.01 Å². The van der Waals surface area contributed by atoms with Crippen molar-refractivity contribution in [3.05, 3.63) is 65.2 Å². The molecule has 1 fully saturated rings. The second kappa shape index (κ2) is 8.98. The Labute approximate surface area is 178 Å². The normalized spacial score (nSPS) is 20.3. The molecule has 1 saturated heterocycles. The highest BCUT2D eigenvalue weighted by Gasteiger charge is 2.35. The average Bonchev–Trinajstić information content (AvgIpc) is 3.21. The number of aryl methyl sites for hydroxylation is 1. The Balaban J connectivity index is 1.62. The summed E-state index contributed by atoms with van der Waals surface area (Å²) in [4.78, 5) is 17.9. The van der Waals surface area contributed by atoms with Gasteiger partial charge in [0.2, 0.25) is 0 Å². The van der Waals surface area contributed by atoms with E-state index >= 15 is 0 Å². The smallest absolute Gasteiger partial charge is 0.257 e. The second-order valence-electron chi connectivity index (χ2n) is 8.20. The van der Waals surface area contributed by atoms with Crippen molar-refractivity contribution in [3.63, 3.8) is 0 Å². The predicted octanol–water partition coefficient (Wildman–Crippen LogP) is 2.93. The third kappa shape index (κ3) is 4.40. The van der Waals surface area contributed by atoms with Crippen molar-refractivity contribution < 1.29 is 9.53 Å². The minimum absolute atomic E-state index is 0.0399. The van der Waals surface area contributed by atoms with Crippen LogP contribution in [-0.2, 0) is 4.79 Å². The van der Waals surface area contributed by atoms with Crippen molar-refractivity contribution >= 4 is 11.6 Å². The van der Waals surface area contributed by atoms with Gasteiger partial charge in [0.25, 0.3) is 5.91 Å². The number of carbonyl (C=O) groups excluding carboxylic acids is 1. The van der Waals surface area contributed by atoms with Crippen molar-refractivity contribution in [2.24, 2.45) is 5.10 Å². The van der Waals surface area contributed by atoms with Gasteiger partial charge in [0, 0.05) is 38.2 Å². The lowest BCUT2D eigenvalue weighted by Gasteiger charge is -2.33. The van der Waals surface area contributed by atoms with Crippen LogP contribution in [0.3, 0.4) is 0 Å². The number of ether oxygens (including phenoxy) is 1. The molecule has 2 aliphatic heterocycles. The maximum atomic E-state index is 13.3. The summed E-state index contributed by atoms with van der Waals surface area (Å²) >= 11 is 0. The molecule has 1 atom stereocenters. The summed E-state index contributed by atoms with van der Waals surface area (Å²) in [6.07, 6.45) is 0.679. The topological polar surface area (TPSA) is 48.4 Å². The summed E-state index contributed by atoms with van der Waals surface area (Å²) in [5.41, 5.74) is 4.20. The van der Waals surface area contributed by atoms with Crippen LogP contribution >= 0.6 is 0 Å². The molecule has 0 saturated carbocycles. The Kier molecular flexibility index (Phi) is 6.16. The fraction of sp³-hybridized carbons (Fsp3) is 0.417. The molecule has 158 valence electrons. The first-order valence-electron chi connectivity index (χ1n) is 10.6. The Hall–Kier alpha value is -2.70. The maximum absolute atomic E-state index is 13.3. The molecule has 0 aliphatic carbocycles. The standard InChI is InChI=1S/C24H30N4O2/c1-18-7-6-8-19(15-18)21-16-22(20-9-4-5-10-23(20)30-3)28(25-21)24(29)17-27-13-11-26(2)12-14-27/h4-10,15,22H,11-14,16-17H2,1-3H3. The molecule has 0 bridgehead atoms. The van der Waals surface area contributed by atoms with E-state index in [1.165, 1.54) is 5.56 Å². The molecule has 2 aromatic rings. The van der Waals surface area contributed by atoms with Crippen molar-refractivity contribution in [1.29, 1.82) is 0 Å². The first-order chi connectivity index (χ1) is 14.5. The van der Waals surface area contributed by atoms with Crippen LogP contribution in [0.5, 0.6) is 5.75 Å². The molecule has 30 heavy (non-hydrogen) atoms. The van der Waals surface area contributed by atoms with Gasteiger partial charge in [-0.2, -0.15) is 5.10 Å². The van der Waals surface area contributed by atoms with Gasteiger partial charge in [0.15, 0.2) is 0 Å². The Bertz CT molecular complexity index is 934. The zero-order valence-corrected chi connectivity index (χ0v) is 18.0. The number of amides is 1. The van der Waals surface area contributed by atoms with Gasteiger partial charge in [-0.3, -0.25) is 9.69 Å². The molecule has 0 N–H and O–H groups in total. The third-order valence-corrected chi connectivity index (χ3v) is 5.97. The van der Waals surface area contributed by atoms with Crippen LogP contribution in [0.15, 0.2) is 53.6 Å². The van der Waals surface area contributed by atoms with Gasteiger partial charge in [0.1, 0.15) is 5.75 Å². The number of likely N-dealkylation sites (N-methyl/N-ethyl adjacent to an activating group) is 1. The van der Waals surface area contributed by atoms with E-state index in [9.17, 15) is 4.79 Å². The van der Waals surface area contributed by atoms with Crippen LogP contribution in [0.25, 0.3) is 0 Å². The third-order valence-electron chi connectivity index (χ3n) is 5.97. The number of para-hydroxylation sites is 1. The number of hydrazone groups is 1. The molecule has 2 heterocycles. The molecular formula is C24H30N4O2. The zero-order valence-electron chi connectivity index (χ0n) is 18.0. The van der Waals surface area contributed by atoms with Gasteiger partial charge in [0.05, 0.1) is 25.4 Å². The van der Waals surface area contributed by atoms with E-state index in [2.05, 4.69) is 42.0 Å². The molecule has 6 heteroatoms. The van der Waals surface area contributed by atoms with Gasteiger partial charge < -0.3 is 9.64 Å². The number of hydrogen-bond acceptors (Lipinski definition) is 5. The summed E-state index contributed by atoms with van der Waals surface area (Å²) in [5, 5.41) is 6.51. The van der Waals surface area contributed by atoms with E-state index in [1.54, 1.807) is 12.1 Å². The highest BCUT2D eigenvalue weighted by molar-refractivity contribution is 6.03. The van der Waals surface area contributed by atoms with Crippen LogP contribution in [0.2, 0.25) is 0 Å². The Morgan fingerprint density at radius 2 is 1.87 bits per heavy atom. The van der Waals surface area contributed by atoms with Crippen LogP contribution in [0, 0.1) is 6.92 Å². The van der Waals surface area contributed by atoms with Crippen LogP contribution < -0.4 is 4.74 Å². The van der Waals surface area contributed by atoms with E-state index in [4.69, 9.17) is 9.84 Å². The minimum atomic E-state index is -0.156. The first kappa shape index (κ1) is 20.6. The number of nitrogens with zero attached hydrogens (tertiary/aromatic N) is 4. The summed E-state index contributed by atoms with van der Waals surface area (Å²) in [6.45, 7) is 6.26. The van der Waals surface area contributed by atoms with E-state index in [-0.39, 0.29) is 11.9 Å². The predicted molar refractivity (Wildman–Crippen MR) is 119 cm³/mol. The molecule has 6 nitrogen and oxygen atoms in total. The molecule has 2 aromatic carbocycles. The second-order valence-corrected chi connectivity index (χ2v) is 8.20. The largest absolute Gasteiger partial charge is 0.496 e. The monoisotopic (exact) mass is 406 g/mol. The maximum Gasteiger partial charge on any atom is 0.257 e. The van der Waals surface area contributed by atoms with Gasteiger partial charge in [-0.15, -0.1) is 0 Å². The van der Waals surface area contributed by atoms with Gasteiger partial charge in [-0.1, -0.05) is 48.0 Å². The Morgan fingerprint density at radius 1 is 1.10 bits per heavy atom. The summed E-state index contributed by atoms with van der Waals surface area (Å²) in [5.74, 6) is 0.832.